The van der Waals surface area contributed by atoms with Crippen LogP contribution in [0.2, 0.25) is 0 Å². The minimum absolute atomic E-state index is 0.136. The van der Waals surface area contributed by atoms with Gasteiger partial charge in [0.05, 0.1) is 25.2 Å². The lowest BCUT2D eigenvalue weighted by molar-refractivity contribution is -0.116. The molecule has 0 spiro atoms. The predicted molar refractivity (Wildman–Crippen MR) is 115 cm³/mol. The smallest absolute Gasteiger partial charge is 0.243 e. The van der Waals surface area contributed by atoms with Gasteiger partial charge in [-0.15, -0.1) is 0 Å². The van der Waals surface area contributed by atoms with Crippen molar-refractivity contribution >= 4 is 21.6 Å². The second-order valence-electron chi connectivity index (χ2n) is 7.41. The molecule has 1 aliphatic rings. The Kier molecular flexibility index (Phi) is 7.12. The molecular formula is C22H28N2O5S. The lowest BCUT2D eigenvalue weighted by Crippen LogP contribution is -2.40. The molecule has 1 heterocycles. The van der Waals surface area contributed by atoms with Crippen molar-refractivity contribution in [1.29, 1.82) is 0 Å². The third-order valence-corrected chi connectivity index (χ3v) is 6.88. The number of nitrogens with zero attached hydrogens (tertiary/aromatic N) is 1. The third kappa shape index (κ3) is 5.38. The van der Waals surface area contributed by atoms with Crippen LogP contribution in [0.4, 0.5) is 5.69 Å². The molecule has 0 unspecified atom stereocenters. The van der Waals surface area contributed by atoms with Crippen molar-refractivity contribution in [2.75, 3.05) is 38.7 Å². The molecule has 1 saturated heterocycles. The number of benzene rings is 2. The van der Waals surface area contributed by atoms with Gasteiger partial charge in [0.15, 0.2) is 0 Å². The van der Waals surface area contributed by atoms with Crippen molar-refractivity contribution in [1.82, 2.24) is 4.31 Å². The molecule has 0 bridgehead atoms. The quantitative estimate of drug-likeness (QED) is 0.727. The van der Waals surface area contributed by atoms with E-state index >= 15 is 0 Å². The number of hydrogen-bond donors (Lipinski definition) is 1. The van der Waals surface area contributed by atoms with E-state index in [9.17, 15) is 13.2 Å². The van der Waals surface area contributed by atoms with E-state index in [1.54, 1.807) is 18.2 Å². The van der Waals surface area contributed by atoms with Gasteiger partial charge in [-0.25, -0.2) is 8.42 Å². The number of amides is 1. The number of aryl methyl sites for hydroxylation is 3. The molecule has 7 nitrogen and oxygen atoms in total. The highest BCUT2D eigenvalue weighted by molar-refractivity contribution is 7.89. The molecule has 0 atom stereocenters. The first-order chi connectivity index (χ1) is 14.3. The van der Waals surface area contributed by atoms with Crippen molar-refractivity contribution in [2.24, 2.45) is 0 Å². The lowest BCUT2D eigenvalue weighted by atomic mass is 10.1. The van der Waals surface area contributed by atoms with Crippen molar-refractivity contribution in [3.63, 3.8) is 0 Å². The van der Waals surface area contributed by atoms with E-state index in [4.69, 9.17) is 9.47 Å². The summed E-state index contributed by atoms with van der Waals surface area (Å²) in [5.74, 6) is 0.429. The van der Waals surface area contributed by atoms with Gasteiger partial charge in [0, 0.05) is 25.2 Å². The first kappa shape index (κ1) is 22.3. The molecule has 8 heteroatoms. The Morgan fingerprint density at radius 2 is 1.77 bits per heavy atom. The predicted octanol–water partition coefficient (Wildman–Crippen LogP) is 2.90. The number of methoxy groups -OCH3 is 1. The molecule has 1 N–H and O–H groups in total. The van der Waals surface area contributed by atoms with E-state index in [-0.39, 0.29) is 17.2 Å². The molecule has 2 aromatic rings. The highest BCUT2D eigenvalue weighted by Crippen LogP contribution is 2.26. The standard InChI is InChI=1S/C22H28N2O5S/c1-16-12-17(2)14-19(13-16)23-22(25)7-4-18-15-20(5-6-21(18)28-3)30(26,27)24-8-10-29-11-9-24/h5-6,12-15H,4,7-11H2,1-3H3,(H,23,25). The first-order valence-electron chi connectivity index (χ1n) is 9.92. The molecule has 162 valence electrons. The SMILES string of the molecule is COc1ccc(S(=O)(=O)N2CCOCC2)cc1CCC(=O)Nc1cc(C)cc(C)c1. The molecule has 1 amide bonds. The van der Waals surface area contributed by atoms with E-state index in [1.807, 2.05) is 32.0 Å². The molecule has 0 aliphatic carbocycles. The van der Waals surface area contributed by atoms with Crippen molar-refractivity contribution in [2.45, 2.75) is 31.6 Å². The average Bonchev–Trinajstić information content (AvgIpc) is 2.72. The first-order valence-corrected chi connectivity index (χ1v) is 11.4. The van der Waals surface area contributed by atoms with Crippen LogP contribution >= 0.6 is 0 Å². The Morgan fingerprint density at radius 1 is 1.10 bits per heavy atom. The molecule has 2 aromatic carbocycles. The fraction of sp³-hybridized carbons (Fsp3) is 0.409. The Bertz CT molecular complexity index is 994. The van der Waals surface area contributed by atoms with Crippen LogP contribution in [0.25, 0.3) is 0 Å². The van der Waals surface area contributed by atoms with E-state index in [1.165, 1.54) is 11.4 Å². The summed E-state index contributed by atoms with van der Waals surface area (Å²) in [6, 6.07) is 10.7. The number of carbonyl (C=O) groups is 1. The van der Waals surface area contributed by atoms with Gasteiger partial charge in [-0.05, 0) is 67.3 Å². The fourth-order valence-corrected chi connectivity index (χ4v) is 5.02. The van der Waals surface area contributed by atoms with Gasteiger partial charge >= 0.3 is 0 Å². The number of morpholine rings is 1. The van der Waals surface area contributed by atoms with E-state index in [0.717, 1.165) is 16.8 Å². The van der Waals surface area contributed by atoms with E-state index < -0.39 is 10.0 Å². The van der Waals surface area contributed by atoms with Crippen LogP contribution in [0.3, 0.4) is 0 Å². The van der Waals surface area contributed by atoms with Crippen molar-refractivity contribution in [3.05, 3.63) is 53.1 Å². The Balaban J connectivity index is 1.73. The number of carbonyl (C=O) groups excluding carboxylic acids is 1. The van der Waals surface area contributed by atoms with Gasteiger partial charge in [0.25, 0.3) is 0 Å². The van der Waals surface area contributed by atoms with Gasteiger partial charge in [-0.1, -0.05) is 6.07 Å². The van der Waals surface area contributed by atoms with Crippen LogP contribution in [0.15, 0.2) is 41.3 Å². The minimum Gasteiger partial charge on any atom is -0.496 e. The van der Waals surface area contributed by atoms with Gasteiger partial charge in [0.2, 0.25) is 15.9 Å². The highest BCUT2D eigenvalue weighted by atomic mass is 32.2. The number of anilines is 1. The Labute approximate surface area is 178 Å². The highest BCUT2D eigenvalue weighted by Gasteiger charge is 2.27. The molecule has 30 heavy (non-hydrogen) atoms. The summed E-state index contributed by atoms with van der Waals surface area (Å²) in [5.41, 5.74) is 3.59. The Morgan fingerprint density at radius 3 is 2.40 bits per heavy atom. The second kappa shape index (κ2) is 9.59. The largest absolute Gasteiger partial charge is 0.496 e. The maximum absolute atomic E-state index is 12.9. The van der Waals surface area contributed by atoms with Gasteiger partial charge in [-0.3, -0.25) is 4.79 Å². The van der Waals surface area contributed by atoms with Crippen molar-refractivity contribution in [3.8, 4) is 5.75 Å². The van der Waals surface area contributed by atoms with Crippen LogP contribution in [0.5, 0.6) is 5.75 Å². The monoisotopic (exact) mass is 432 g/mol. The maximum atomic E-state index is 12.9. The second-order valence-corrected chi connectivity index (χ2v) is 9.35. The summed E-state index contributed by atoms with van der Waals surface area (Å²) in [6.07, 6.45) is 0.580. The summed E-state index contributed by atoms with van der Waals surface area (Å²) in [4.78, 5) is 12.6. The number of hydrogen-bond acceptors (Lipinski definition) is 5. The average molecular weight is 433 g/mol. The molecular weight excluding hydrogens is 404 g/mol. The lowest BCUT2D eigenvalue weighted by Gasteiger charge is -2.26. The molecule has 0 saturated carbocycles. The Hall–Kier alpha value is -2.42. The number of ether oxygens (including phenoxy) is 2. The number of sulfonamides is 1. The zero-order chi connectivity index (χ0) is 21.7. The zero-order valence-corrected chi connectivity index (χ0v) is 18.4. The van der Waals surface area contributed by atoms with Crippen LogP contribution in [-0.2, 0) is 26.0 Å². The molecule has 1 fully saturated rings. The minimum atomic E-state index is -3.61. The fourth-order valence-electron chi connectivity index (χ4n) is 3.57. The van der Waals surface area contributed by atoms with Gasteiger partial charge in [-0.2, -0.15) is 4.31 Å². The number of nitrogens with one attached hydrogen (secondary N) is 1. The van der Waals surface area contributed by atoms with E-state index in [2.05, 4.69) is 5.32 Å². The van der Waals surface area contributed by atoms with Gasteiger partial charge < -0.3 is 14.8 Å². The molecule has 0 radical (unpaired) electrons. The molecule has 0 aromatic heterocycles. The van der Waals surface area contributed by atoms with Crippen LogP contribution in [0, 0.1) is 13.8 Å². The summed E-state index contributed by atoms with van der Waals surface area (Å²) in [6.45, 7) is 5.41. The normalized spacial score (nSPS) is 15.0. The third-order valence-electron chi connectivity index (χ3n) is 4.99. The summed E-state index contributed by atoms with van der Waals surface area (Å²) in [7, 11) is -2.08. The van der Waals surface area contributed by atoms with Crippen LogP contribution in [0.1, 0.15) is 23.1 Å². The number of rotatable bonds is 7. The summed E-state index contributed by atoms with van der Waals surface area (Å²) in [5, 5.41) is 2.91. The van der Waals surface area contributed by atoms with Crippen molar-refractivity contribution < 1.29 is 22.7 Å². The molecule has 3 rings (SSSR count). The molecule has 1 aliphatic heterocycles. The summed E-state index contributed by atoms with van der Waals surface area (Å²) >= 11 is 0. The van der Waals surface area contributed by atoms with E-state index in [0.29, 0.717) is 44.0 Å². The zero-order valence-electron chi connectivity index (χ0n) is 17.6. The maximum Gasteiger partial charge on any atom is 0.243 e. The van der Waals surface area contributed by atoms with Crippen LogP contribution in [-0.4, -0.2) is 52.0 Å². The van der Waals surface area contributed by atoms with Gasteiger partial charge in [0.1, 0.15) is 5.75 Å². The summed E-state index contributed by atoms with van der Waals surface area (Å²) < 4.78 is 37.9. The topological polar surface area (TPSA) is 84.9 Å². The van der Waals surface area contributed by atoms with Crippen LogP contribution < -0.4 is 10.1 Å².